The quantitative estimate of drug-likeness (QED) is 0.788. The van der Waals surface area contributed by atoms with E-state index in [2.05, 4.69) is 5.32 Å². The molecule has 0 saturated carbocycles. The number of hydrogen-bond donors (Lipinski definition) is 2. The number of carbonyl (C=O) groups is 1. The molecule has 1 aromatic rings. The molecular weight excluding hydrogens is 238 g/mol. The first-order valence-electron chi connectivity index (χ1n) is 5.37. The van der Waals surface area contributed by atoms with Crippen molar-refractivity contribution in [1.82, 2.24) is 0 Å². The van der Waals surface area contributed by atoms with Crippen LogP contribution in [0.3, 0.4) is 0 Å². The highest BCUT2D eigenvalue weighted by Gasteiger charge is 2.05. The van der Waals surface area contributed by atoms with E-state index in [4.69, 9.17) is 22.6 Å². The second kappa shape index (κ2) is 6.89. The molecule has 5 heteroatoms. The van der Waals surface area contributed by atoms with Crippen LogP contribution in [0.2, 0.25) is 5.02 Å². The lowest BCUT2D eigenvalue weighted by molar-refractivity contribution is -0.116. The molecule has 0 bridgehead atoms. The van der Waals surface area contributed by atoms with Gasteiger partial charge in [0.05, 0.1) is 10.6 Å². The summed E-state index contributed by atoms with van der Waals surface area (Å²) < 4.78 is 0. The number of nitrogens with two attached hydrogens (primary N) is 1. The molecule has 0 aromatic heterocycles. The first-order valence-corrected chi connectivity index (χ1v) is 5.74. The van der Waals surface area contributed by atoms with Crippen LogP contribution in [0.5, 0.6) is 0 Å². The number of nitriles is 1. The van der Waals surface area contributed by atoms with Crippen LogP contribution in [-0.2, 0) is 4.79 Å². The normalized spacial score (nSPS) is 9.71. The zero-order valence-corrected chi connectivity index (χ0v) is 10.1. The van der Waals surface area contributed by atoms with E-state index in [1.165, 1.54) is 0 Å². The molecule has 1 aromatic carbocycles. The predicted octanol–water partition coefficient (Wildman–Crippen LogP) is 2.28. The van der Waals surface area contributed by atoms with Crippen molar-refractivity contribution in [2.24, 2.45) is 5.73 Å². The highest BCUT2D eigenvalue weighted by molar-refractivity contribution is 6.31. The van der Waals surface area contributed by atoms with Gasteiger partial charge in [0.2, 0.25) is 5.91 Å². The molecule has 0 saturated heterocycles. The number of anilines is 1. The highest BCUT2D eigenvalue weighted by Crippen LogP contribution is 2.19. The number of rotatable bonds is 5. The molecule has 1 amide bonds. The van der Waals surface area contributed by atoms with Crippen LogP contribution < -0.4 is 11.1 Å². The standard InChI is InChI=1S/C12H14ClN3O/c13-11-5-4-10(7-9(11)8-15)16-12(17)3-1-2-6-14/h4-5,7H,1-3,6,14H2,(H,16,17). The van der Waals surface area contributed by atoms with Gasteiger partial charge in [0.1, 0.15) is 6.07 Å². The zero-order chi connectivity index (χ0) is 12.7. The molecular formula is C12H14ClN3O. The maximum atomic E-state index is 11.5. The van der Waals surface area contributed by atoms with Gasteiger partial charge in [-0.25, -0.2) is 0 Å². The maximum absolute atomic E-state index is 11.5. The minimum absolute atomic E-state index is 0.0790. The van der Waals surface area contributed by atoms with Gasteiger partial charge in [0.25, 0.3) is 0 Å². The van der Waals surface area contributed by atoms with Crippen molar-refractivity contribution in [3.63, 3.8) is 0 Å². The Kier molecular flexibility index (Phi) is 5.47. The molecule has 0 spiro atoms. The van der Waals surface area contributed by atoms with Gasteiger partial charge >= 0.3 is 0 Å². The fourth-order valence-electron chi connectivity index (χ4n) is 1.34. The molecule has 90 valence electrons. The number of nitrogens with one attached hydrogen (secondary N) is 1. The van der Waals surface area contributed by atoms with E-state index in [-0.39, 0.29) is 5.91 Å². The summed E-state index contributed by atoms with van der Waals surface area (Å²) >= 11 is 5.79. The van der Waals surface area contributed by atoms with E-state index in [0.29, 0.717) is 29.2 Å². The Hall–Kier alpha value is -1.57. The molecule has 3 N–H and O–H groups in total. The predicted molar refractivity (Wildman–Crippen MR) is 67.7 cm³/mol. The van der Waals surface area contributed by atoms with Crippen LogP contribution in [0.1, 0.15) is 24.8 Å². The Bertz CT molecular complexity index is 440. The monoisotopic (exact) mass is 251 g/mol. The number of halogens is 1. The van der Waals surface area contributed by atoms with Crippen LogP contribution >= 0.6 is 11.6 Å². The van der Waals surface area contributed by atoms with Crippen LogP contribution in [-0.4, -0.2) is 12.5 Å². The van der Waals surface area contributed by atoms with Gasteiger partial charge in [-0.15, -0.1) is 0 Å². The average Bonchev–Trinajstić information content (AvgIpc) is 2.32. The molecule has 0 radical (unpaired) electrons. The van der Waals surface area contributed by atoms with Gasteiger partial charge in [0, 0.05) is 12.1 Å². The number of benzene rings is 1. The van der Waals surface area contributed by atoms with Gasteiger partial charge in [-0.1, -0.05) is 11.6 Å². The average molecular weight is 252 g/mol. The molecule has 4 nitrogen and oxygen atoms in total. The lowest BCUT2D eigenvalue weighted by Crippen LogP contribution is -2.12. The van der Waals surface area contributed by atoms with E-state index in [0.717, 1.165) is 12.8 Å². The van der Waals surface area contributed by atoms with Crippen molar-refractivity contribution in [3.05, 3.63) is 28.8 Å². The van der Waals surface area contributed by atoms with Crippen LogP contribution in [0, 0.1) is 11.3 Å². The van der Waals surface area contributed by atoms with Crippen molar-refractivity contribution in [2.75, 3.05) is 11.9 Å². The summed E-state index contributed by atoms with van der Waals surface area (Å²) in [6.07, 6.45) is 2.03. The smallest absolute Gasteiger partial charge is 0.224 e. The van der Waals surface area contributed by atoms with Gasteiger partial charge in [-0.05, 0) is 37.6 Å². The van der Waals surface area contributed by atoms with Gasteiger partial charge in [-0.2, -0.15) is 5.26 Å². The molecule has 1 rings (SSSR count). The van der Waals surface area contributed by atoms with E-state index in [9.17, 15) is 4.79 Å². The number of carbonyl (C=O) groups excluding carboxylic acids is 1. The Morgan fingerprint density at radius 1 is 1.47 bits per heavy atom. The Morgan fingerprint density at radius 2 is 2.24 bits per heavy atom. The first kappa shape index (κ1) is 13.5. The SMILES string of the molecule is N#Cc1cc(NC(=O)CCCCN)ccc1Cl. The Morgan fingerprint density at radius 3 is 2.88 bits per heavy atom. The fourth-order valence-corrected chi connectivity index (χ4v) is 1.50. The van der Waals surface area contributed by atoms with Gasteiger partial charge in [0.15, 0.2) is 0 Å². The summed E-state index contributed by atoms with van der Waals surface area (Å²) in [6.45, 7) is 0.590. The second-order valence-corrected chi connectivity index (χ2v) is 4.01. The van der Waals surface area contributed by atoms with Crippen molar-refractivity contribution in [2.45, 2.75) is 19.3 Å². The number of unbranched alkanes of at least 4 members (excludes halogenated alkanes) is 1. The third-order valence-electron chi connectivity index (χ3n) is 2.23. The first-order chi connectivity index (χ1) is 8.17. The van der Waals surface area contributed by atoms with E-state index < -0.39 is 0 Å². The number of hydrogen-bond acceptors (Lipinski definition) is 3. The van der Waals surface area contributed by atoms with Crippen molar-refractivity contribution >= 4 is 23.2 Å². The molecule has 0 aliphatic heterocycles. The minimum atomic E-state index is -0.0790. The summed E-state index contributed by atoms with van der Waals surface area (Å²) in [7, 11) is 0. The highest BCUT2D eigenvalue weighted by atomic mass is 35.5. The second-order valence-electron chi connectivity index (χ2n) is 3.60. The zero-order valence-electron chi connectivity index (χ0n) is 9.37. The Balaban J connectivity index is 2.57. The molecule has 17 heavy (non-hydrogen) atoms. The molecule has 0 atom stereocenters. The lowest BCUT2D eigenvalue weighted by atomic mass is 10.2. The molecule has 0 fully saturated rings. The topological polar surface area (TPSA) is 78.9 Å². The van der Waals surface area contributed by atoms with Gasteiger partial charge in [-0.3, -0.25) is 4.79 Å². The largest absolute Gasteiger partial charge is 0.330 e. The van der Waals surface area contributed by atoms with E-state index in [1.54, 1.807) is 18.2 Å². The number of nitrogens with zero attached hydrogens (tertiary/aromatic N) is 1. The minimum Gasteiger partial charge on any atom is -0.330 e. The lowest BCUT2D eigenvalue weighted by Gasteiger charge is -2.05. The fraction of sp³-hybridized carbons (Fsp3) is 0.333. The third kappa shape index (κ3) is 4.43. The van der Waals surface area contributed by atoms with Crippen LogP contribution in [0.25, 0.3) is 0 Å². The van der Waals surface area contributed by atoms with E-state index >= 15 is 0 Å². The molecule has 0 aliphatic carbocycles. The van der Waals surface area contributed by atoms with E-state index in [1.807, 2.05) is 6.07 Å². The summed E-state index contributed by atoms with van der Waals surface area (Å²) in [6, 6.07) is 6.78. The third-order valence-corrected chi connectivity index (χ3v) is 2.56. The summed E-state index contributed by atoms with van der Waals surface area (Å²) in [5, 5.41) is 11.9. The summed E-state index contributed by atoms with van der Waals surface area (Å²) in [5.41, 5.74) is 6.28. The number of amides is 1. The van der Waals surface area contributed by atoms with Crippen LogP contribution in [0.4, 0.5) is 5.69 Å². The van der Waals surface area contributed by atoms with Crippen molar-refractivity contribution in [1.29, 1.82) is 5.26 Å². The van der Waals surface area contributed by atoms with Gasteiger partial charge < -0.3 is 11.1 Å². The molecule has 0 aliphatic rings. The molecule has 0 unspecified atom stereocenters. The maximum Gasteiger partial charge on any atom is 0.224 e. The summed E-state index contributed by atoms with van der Waals surface area (Å²) in [4.78, 5) is 11.5. The summed E-state index contributed by atoms with van der Waals surface area (Å²) in [5.74, 6) is -0.0790. The molecule has 0 heterocycles. The van der Waals surface area contributed by atoms with Crippen molar-refractivity contribution in [3.8, 4) is 6.07 Å². The van der Waals surface area contributed by atoms with Crippen molar-refractivity contribution < 1.29 is 4.79 Å². The Labute approximate surface area is 105 Å². The van der Waals surface area contributed by atoms with Crippen LogP contribution in [0.15, 0.2) is 18.2 Å².